The van der Waals surface area contributed by atoms with Crippen LogP contribution >= 0.6 is 0 Å². The first-order chi connectivity index (χ1) is 11.5. The summed E-state index contributed by atoms with van der Waals surface area (Å²) in [6.07, 6.45) is 2.26. The lowest BCUT2D eigenvalue weighted by atomic mass is 9.92. The molecule has 136 valence electrons. The number of rotatable bonds is 6. The lowest BCUT2D eigenvalue weighted by molar-refractivity contribution is 0.192. The van der Waals surface area contributed by atoms with Gasteiger partial charge in [0.2, 0.25) is 0 Å². The van der Waals surface area contributed by atoms with E-state index in [-0.39, 0.29) is 0 Å². The van der Waals surface area contributed by atoms with Crippen LogP contribution in [0.2, 0.25) is 0 Å². The first-order valence-electron chi connectivity index (χ1n) is 8.88. The van der Waals surface area contributed by atoms with Gasteiger partial charge in [0, 0.05) is 40.4 Å². The number of ether oxygens (including phenoxy) is 1. The molecule has 1 fully saturated rings. The quantitative estimate of drug-likeness (QED) is 0.485. The normalized spacial score (nSPS) is 22.0. The molecule has 7 heteroatoms. The second-order valence-electron chi connectivity index (χ2n) is 6.99. The molecule has 1 aliphatic heterocycles. The molecule has 24 heavy (non-hydrogen) atoms. The smallest absolute Gasteiger partial charge is 0.194 e. The van der Waals surface area contributed by atoms with E-state index in [1.54, 1.807) is 7.11 Å². The van der Waals surface area contributed by atoms with Crippen LogP contribution < -0.4 is 5.32 Å². The van der Waals surface area contributed by atoms with Gasteiger partial charge in [0.05, 0.1) is 0 Å². The van der Waals surface area contributed by atoms with Crippen LogP contribution in [0.1, 0.15) is 38.3 Å². The highest BCUT2D eigenvalue weighted by Gasteiger charge is 2.24. The van der Waals surface area contributed by atoms with Gasteiger partial charge in [-0.3, -0.25) is 0 Å². The van der Waals surface area contributed by atoms with Gasteiger partial charge in [0.15, 0.2) is 11.8 Å². The maximum absolute atomic E-state index is 5.14. The summed E-state index contributed by atoms with van der Waals surface area (Å²) in [5.41, 5.74) is 0. The van der Waals surface area contributed by atoms with E-state index in [2.05, 4.69) is 34.3 Å². The van der Waals surface area contributed by atoms with Gasteiger partial charge in [0.25, 0.3) is 0 Å². The average molecular weight is 336 g/mol. The number of aliphatic imine (C=N–C) groups is 1. The number of hydrogen-bond donors (Lipinski definition) is 1. The third-order valence-electron chi connectivity index (χ3n) is 4.53. The fourth-order valence-corrected chi connectivity index (χ4v) is 3.25. The third kappa shape index (κ3) is 5.19. The van der Waals surface area contributed by atoms with E-state index in [9.17, 15) is 0 Å². The van der Waals surface area contributed by atoms with E-state index in [1.165, 1.54) is 6.42 Å². The predicted molar refractivity (Wildman–Crippen MR) is 95.9 cm³/mol. The zero-order valence-electron chi connectivity index (χ0n) is 15.7. The SMILES string of the molecule is COCCCNC(=NCc1nnc(C)n1C)N1CC(C)CC(C)C1. The number of guanidine groups is 1. The van der Waals surface area contributed by atoms with Crippen molar-refractivity contribution in [3.63, 3.8) is 0 Å². The molecule has 0 spiro atoms. The Morgan fingerprint density at radius 1 is 1.29 bits per heavy atom. The summed E-state index contributed by atoms with van der Waals surface area (Å²) in [5.74, 6) is 4.16. The summed E-state index contributed by atoms with van der Waals surface area (Å²) in [5, 5.41) is 11.8. The number of nitrogens with zero attached hydrogens (tertiary/aromatic N) is 5. The molecule has 1 aliphatic rings. The van der Waals surface area contributed by atoms with Crippen LogP contribution in [-0.4, -0.2) is 59.0 Å². The highest BCUT2D eigenvalue weighted by molar-refractivity contribution is 5.80. The van der Waals surface area contributed by atoms with Crippen LogP contribution in [0.5, 0.6) is 0 Å². The van der Waals surface area contributed by atoms with E-state index in [0.717, 1.165) is 50.3 Å². The largest absolute Gasteiger partial charge is 0.385 e. The Labute approximate surface area is 145 Å². The van der Waals surface area contributed by atoms with Gasteiger partial charge in [-0.15, -0.1) is 10.2 Å². The summed E-state index contributed by atoms with van der Waals surface area (Å²) < 4.78 is 7.13. The highest BCUT2D eigenvalue weighted by atomic mass is 16.5. The van der Waals surface area contributed by atoms with Crippen LogP contribution in [0.15, 0.2) is 4.99 Å². The lowest BCUT2D eigenvalue weighted by Crippen LogP contribution is -2.48. The number of piperidine rings is 1. The van der Waals surface area contributed by atoms with Gasteiger partial charge >= 0.3 is 0 Å². The number of hydrogen-bond acceptors (Lipinski definition) is 4. The van der Waals surface area contributed by atoms with Gasteiger partial charge in [0.1, 0.15) is 12.4 Å². The molecule has 2 atom stereocenters. The molecule has 7 nitrogen and oxygen atoms in total. The number of aryl methyl sites for hydroxylation is 1. The number of aromatic nitrogens is 3. The van der Waals surface area contributed by atoms with Crippen LogP contribution in [0.4, 0.5) is 0 Å². The van der Waals surface area contributed by atoms with Crippen LogP contribution in [-0.2, 0) is 18.3 Å². The lowest BCUT2D eigenvalue weighted by Gasteiger charge is -2.37. The molecule has 0 aliphatic carbocycles. The van der Waals surface area contributed by atoms with Crippen LogP contribution in [0, 0.1) is 18.8 Å². The highest BCUT2D eigenvalue weighted by Crippen LogP contribution is 2.21. The van der Waals surface area contributed by atoms with E-state index >= 15 is 0 Å². The molecular formula is C17H32N6O. The molecule has 0 amide bonds. The van der Waals surface area contributed by atoms with Gasteiger partial charge in [-0.05, 0) is 31.6 Å². The van der Waals surface area contributed by atoms with Crippen molar-refractivity contribution in [3.05, 3.63) is 11.6 Å². The Kier molecular flexibility index (Phi) is 7.02. The Balaban J connectivity index is 2.06. The Morgan fingerprint density at radius 3 is 2.58 bits per heavy atom. The Morgan fingerprint density at radius 2 is 2.00 bits per heavy atom. The molecule has 1 aromatic heterocycles. The third-order valence-corrected chi connectivity index (χ3v) is 4.53. The van der Waals surface area contributed by atoms with Crippen LogP contribution in [0.25, 0.3) is 0 Å². The maximum atomic E-state index is 5.14. The minimum Gasteiger partial charge on any atom is -0.385 e. The topological polar surface area (TPSA) is 67.6 Å². The zero-order valence-corrected chi connectivity index (χ0v) is 15.7. The summed E-state index contributed by atoms with van der Waals surface area (Å²) >= 11 is 0. The number of likely N-dealkylation sites (tertiary alicyclic amines) is 1. The second-order valence-corrected chi connectivity index (χ2v) is 6.99. The van der Waals surface area contributed by atoms with Crippen molar-refractivity contribution >= 4 is 5.96 Å². The Bertz CT molecular complexity index is 531. The second kappa shape index (κ2) is 9.01. The van der Waals surface area contributed by atoms with Crippen LogP contribution in [0.3, 0.4) is 0 Å². The van der Waals surface area contributed by atoms with Crippen molar-refractivity contribution < 1.29 is 4.74 Å². The zero-order chi connectivity index (χ0) is 17.5. The molecule has 0 aromatic carbocycles. The molecule has 2 heterocycles. The van der Waals surface area contributed by atoms with E-state index in [4.69, 9.17) is 9.73 Å². The van der Waals surface area contributed by atoms with Crippen molar-refractivity contribution in [2.45, 2.75) is 40.2 Å². The molecule has 1 N–H and O–H groups in total. The van der Waals surface area contributed by atoms with E-state index < -0.39 is 0 Å². The van der Waals surface area contributed by atoms with Gasteiger partial charge in [-0.2, -0.15) is 0 Å². The fourth-order valence-electron chi connectivity index (χ4n) is 3.25. The van der Waals surface area contributed by atoms with Gasteiger partial charge in [-0.1, -0.05) is 13.8 Å². The molecular weight excluding hydrogens is 304 g/mol. The molecule has 0 saturated carbocycles. The van der Waals surface area contributed by atoms with Crippen molar-refractivity contribution in [3.8, 4) is 0 Å². The first-order valence-corrected chi connectivity index (χ1v) is 8.88. The van der Waals surface area contributed by atoms with Gasteiger partial charge < -0.3 is 19.5 Å². The summed E-state index contributed by atoms with van der Waals surface area (Å²) in [6.45, 7) is 10.9. The number of methoxy groups -OCH3 is 1. The molecule has 2 rings (SSSR count). The van der Waals surface area contributed by atoms with E-state index in [0.29, 0.717) is 18.4 Å². The molecule has 1 saturated heterocycles. The van der Waals surface area contributed by atoms with Crippen molar-refractivity contribution in [2.24, 2.45) is 23.9 Å². The average Bonchev–Trinajstić information content (AvgIpc) is 2.85. The minimum atomic E-state index is 0.545. The van der Waals surface area contributed by atoms with Crippen molar-refractivity contribution in [1.29, 1.82) is 0 Å². The fraction of sp³-hybridized carbons (Fsp3) is 0.824. The van der Waals surface area contributed by atoms with Crippen molar-refractivity contribution in [2.75, 3.05) is 33.4 Å². The molecule has 0 radical (unpaired) electrons. The molecule has 1 aromatic rings. The first kappa shape index (κ1) is 18.7. The Hall–Kier alpha value is -1.63. The van der Waals surface area contributed by atoms with Crippen molar-refractivity contribution in [1.82, 2.24) is 25.0 Å². The molecule has 0 bridgehead atoms. The summed E-state index contributed by atoms with van der Waals surface area (Å²) in [4.78, 5) is 7.21. The van der Waals surface area contributed by atoms with E-state index in [1.807, 2.05) is 18.5 Å². The standard InChI is InChI=1S/C17H32N6O/c1-13-9-14(2)12-23(11-13)17(18-7-6-8-24-5)19-10-16-21-20-15(3)22(16)4/h13-14H,6-12H2,1-5H3,(H,18,19). The summed E-state index contributed by atoms with van der Waals surface area (Å²) in [7, 11) is 3.72. The minimum absolute atomic E-state index is 0.545. The number of nitrogens with one attached hydrogen (secondary N) is 1. The molecule has 2 unspecified atom stereocenters. The monoisotopic (exact) mass is 336 g/mol. The maximum Gasteiger partial charge on any atom is 0.194 e. The predicted octanol–water partition coefficient (Wildman–Crippen LogP) is 1.58. The van der Waals surface area contributed by atoms with Gasteiger partial charge in [-0.25, -0.2) is 4.99 Å². The summed E-state index contributed by atoms with van der Waals surface area (Å²) in [6, 6.07) is 0.